The SMILES string of the molecule is O=C(c1ccc(N2CCCC2=O)cc1)N1CCN(Cc2cccnc2)CC1. The van der Waals surface area contributed by atoms with Gasteiger partial charge in [0, 0.05) is 69.3 Å². The Bertz CT molecular complexity index is 799. The van der Waals surface area contributed by atoms with Crippen molar-refractivity contribution in [3.63, 3.8) is 0 Å². The average Bonchev–Trinajstić information content (AvgIpc) is 3.15. The number of anilines is 1. The number of hydrogen-bond acceptors (Lipinski definition) is 4. The summed E-state index contributed by atoms with van der Waals surface area (Å²) in [5.74, 6) is 0.231. The molecule has 2 fully saturated rings. The Hall–Kier alpha value is -2.73. The molecule has 6 heteroatoms. The van der Waals surface area contributed by atoms with Crippen molar-refractivity contribution in [2.45, 2.75) is 19.4 Å². The van der Waals surface area contributed by atoms with E-state index in [1.54, 1.807) is 11.1 Å². The van der Waals surface area contributed by atoms with E-state index in [-0.39, 0.29) is 11.8 Å². The van der Waals surface area contributed by atoms with Crippen LogP contribution in [0.1, 0.15) is 28.8 Å². The van der Waals surface area contributed by atoms with Gasteiger partial charge in [-0.25, -0.2) is 0 Å². The first-order valence-electron chi connectivity index (χ1n) is 9.52. The first-order chi connectivity index (χ1) is 13.2. The van der Waals surface area contributed by atoms with Crippen LogP contribution in [0.4, 0.5) is 5.69 Å². The molecular formula is C21H24N4O2. The van der Waals surface area contributed by atoms with Gasteiger partial charge in [-0.05, 0) is 42.3 Å². The molecule has 140 valence electrons. The zero-order chi connectivity index (χ0) is 18.6. The van der Waals surface area contributed by atoms with Gasteiger partial charge in [0.25, 0.3) is 5.91 Å². The Labute approximate surface area is 159 Å². The lowest BCUT2D eigenvalue weighted by atomic mass is 10.1. The van der Waals surface area contributed by atoms with E-state index in [1.807, 2.05) is 41.4 Å². The molecule has 0 aliphatic carbocycles. The van der Waals surface area contributed by atoms with Gasteiger partial charge in [-0.2, -0.15) is 0 Å². The van der Waals surface area contributed by atoms with Gasteiger partial charge in [0.05, 0.1) is 0 Å². The second-order valence-electron chi connectivity index (χ2n) is 7.13. The number of benzene rings is 1. The number of rotatable bonds is 4. The summed E-state index contributed by atoms with van der Waals surface area (Å²) in [7, 11) is 0. The van der Waals surface area contributed by atoms with Gasteiger partial charge in [-0.3, -0.25) is 19.5 Å². The zero-order valence-electron chi connectivity index (χ0n) is 15.4. The number of pyridine rings is 1. The molecule has 2 saturated heterocycles. The van der Waals surface area contributed by atoms with Crippen LogP contribution in [0, 0.1) is 0 Å². The van der Waals surface area contributed by atoms with Crippen LogP contribution in [0.15, 0.2) is 48.8 Å². The van der Waals surface area contributed by atoms with E-state index in [0.717, 1.165) is 51.4 Å². The fourth-order valence-electron chi connectivity index (χ4n) is 3.75. The summed E-state index contributed by atoms with van der Waals surface area (Å²) in [4.78, 5) is 34.8. The van der Waals surface area contributed by atoms with Gasteiger partial charge < -0.3 is 9.80 Å². The first kappa shape index (κ1) is 17.7. The van der Waals surface area contributed by atoms with Gasteiger partial charge in [0.2, 0.25) is 5.91 Å². The van der Waals surface area contributed by atoms with E-state index >= 15 is 0 Å². The number of aromatic nitrogens is 1. The second kappa shape index (κ2) is 7.88. The fourth-order valence-corrected chi connectivity index (χ4v) is 3.75. The number of carbonyl (C=O) groups is 2. The Morgan fingerprint density at radius 3 is 2.41 bits per heavy atom. The molecule has 0 N–H and O–H groups in total. The van der Waals surface area contributed by atoms with Gasteiger partial charge in [0.1, 0.15) is 0 Å². The van der Waals surface area contributed by atoms with Gasteiger partial charge in [-0.1, -0.05) is 6.07 Å². The maximum absolute atomic E-state index is 12.8. The van der Waals surface area contributed by atoms with E-state index < -0.39 is 0 Å². The van der Waals surface area contributed by atoms with Crippen molar-refractivity contribution in [2.24, 2.45) is 0 Å². The molecule has 3 heterocycles. The highest BCUT2D eigenvalue weighted by molar-refractivity contribution is 5.97. The molecule has 1 aromatic carbocycles. The lowest BCUT2D eigenvalue weighted by molar-refractivity contribution is -0.117. The summed E-state index contributed by atoms with van der Waals surface area (Å²) < 4.78 is 0. The molecule has 2 aliphatic rings. The van der Waals surface area contributed by atoms with Crippen LogP contribution in [0.2, 0.25) is 0 Å². The highest BCUT2D eigenvalue weighted by atomic mass is 16.2. The van der Waals surface area contributed by atoms with Crippen molar-refractivity contribution in [1.82, 2.24) is 14.8 Å². The molecule has 2 aromatic rings. The minimum absolute atomic E-state index is 0.0651. The number of piperazine rings is 1. The Balaban J connectivity index is 1.33. The monoisotopic (exact) mass is 364 g/mol. The van der Waals surface area contributed by atoms with Crippen molar-refractivity contribution in [2.75, 3.05) is 37.6 Å². The first-order valence-corrected chi connectivity index (χ1v) is 9.52. The van der Waals surface area contributed by atoms with Crippen LogP contribution in [-0.4, -0.2) is 59.3 Å². The minimum atomic E-state index is 0.0651. The molecule has 6 nitrogen and oxygen atoms in total. The predicted octanol–water partition coefficient (Wildman–Crippen LogP) is 2.17. The van der Waals surface area contributed by atoms with Crippen LogP contribution < -0.4 is 4.90 Å². The molecule has 2 aliphatic heterocycles. The third-order valence-electron chi connectivity index (χ3n) is 5.29. The third-order valence-corrected chi connectivity index (χ3v) is 5.29. The molecular weight excluding hydrogens is 340 g/mol. The van der Waals surface area contributed by atoms with Crippen molar-refractivity contribution in [1.29, 1.82) is 0 Å². The van der Waals surface area contributed by atoms with E-state index in [9.17, 15) is 9.59 Å². The zero-order valence-corrected chi connectivity index (χ0v) is 15.4. The summed E-state index contributed by atoms with van der Waals surface area (Å²) in [5.41, 5.74) is 2.77. The molecule has 2 amide bonds. The average molecular weight is 364 g/mol. The van der Waals surface area contributed by atoms with E-state index in [2.05, 4.69) is 16.0 Å². The molecule has 1 aromatic heterocycles. The summed E-state index contributed by atoms with van der Waals surface area (Å²) in [6.45, 7) is 4.82. The smallest absolute Gasteiger partial charge is 0.253 e. The van der Waals surface area contributed by atoms with Gasteiger partial charge >= 0.3 is 0 Å². The standard InChI is InChI=1S/C21H24N4O2/c26-20-4-2-10-25(20)19-7-5-18(6-8-19)21(27)24-13-11-23(12-14-24)16-17-3-1-9-22-15-17/h1,3,5-9,15H,2,4,10-14,16H2. The fraction of sp³-hybridized carbons (Fsp3) is 0.381. The summed E-state index contributed by atoms with van der Waals surface area (Å²) in [6, 6.07) is 11.5. The largest absolute Gasteiger partial charge is 0.336 e. The maximum Gasteiger partial charge on any atom is 0.253 e. The Kier molecular flexibility index (Phi) is 5.16. The molecule has 0 saturated carbocycles. The summed E-state index contributed by atoms with van der Waals surface area (Å²) in [6.07, 6.45) is 5.20. The number of hydrogen-bond donors (Lipinski definition) is 0. The van der Waals surface area contributed by atoms with Crippen LogP contribution in [0.5, 0.6) is 0 Å². The lowest BCUT2D eigenvalue weighted by Gasteiger charge is -2.34. The molecule has 0 spiro atoms. The van der Waals surface area contributed by atoms with Crippen molar-refractivity contribution in [3.8, 4) is 0 Å². The van der Waals surface area contributed by atoms with Crippen molar-refractivity contribution < 1.29 is 9.59 Å². The molecule has 0 bridgehead atoms. The normalized spacial score (nSPS) is 18.1. The van der Waals surface area contributed by atoms with E-state index in [4.69, 9.17) is 0 Å². The summed E-state index contributed by atoms with van der Waals surface area (Å²) in [5, 5.41) is 0. The van der Waals surface area contributed by atoms with Crippen LogP contribution in [0.25, 0.3) is 0 Å². The van der Waals surface area contributed by atoms with Crippen molar-refractivity contribution in [3.05, 3.63) is 59.9 Å². The quantitative estimate of drug-likeness (QED) is 0.834. The maximum atomic E-state index is 12.8. The predicted molar refractivity (Wildman–Crippen MR) is 103 cm³/mol. The second-order valence-corrected chi connectivity index (χ2v) is 7.13. The molecule has 0 atom stereocenters. The minimum Gasteiger partial charge on any atom is -0.336 e. The molecule has 4 rings (SSSR count). The highest BCUT2D eigenvalue weighted by Crippen LogP contribution is 2.22. The van der Waals surface area contributed by atoms with Crippen LogP contribution >= 0.6 is 0 Å². The highest BCUT2D eigenvalue weighted by Gasteiger charge is 2.24. The third kappa shape index (κ3) is 4.01. The van der Waals surface area contributed by atoms with Gasteiger partial charge in [-0.15, -0.1) is 0 Å². The number of carbonyl (C=O) groups excluding carboxylic acids is 2. The molecule has 0 radical (unpaired) electrons. The van der Waals surface area contributed by atoms with E-state index in [1.165, 1.54) is 5.56 Å². The number of nitrogens with zero attached hydrogens (tertiary/aromatic N) is 4. The topological polar surface area (TPSA) is 56.8 Å². The van der Waals surface area contributed by atoms with Crippen LogP contribution in [0.3, 0.4) is 0 Å². The van der Waals surface area contributed by atoms with Crippen LogP contribution in [-0.2, 0) is 11.3 Å². The molecule has 27 heavy (non-hydrogen) atoms. The number of amides is 2. The van der Waals surface area contributed by atoms with Crippen molar-refractivity contribution >= 4 is 17.5 Å². The lowest BCUT2D eigenvalue weighted by Crippen LogP contribution is -2.48. The Morgan fingerprint density at radius 2 is 1.78 bits per heavy atom. The Morgan fingerprint density at radius 1 is 1.00 bits per heavy atom. The van der Waals surface area contributed by atoms with E-state index in [0.29, 0.717) is 12.0 Å². The van der Waals surface area contributed by atoms with Gasteiger partial charge in [0.15, 0.2) is 0 Å². The molecule has 0 unspecified atom stereocenters. The summed E-state index contributed by atoms with van der Waals surface area (Å²) >= 11 is 0.